The third-order valence-corrected chi connectivity index (χ3v) is 5.64. The maximum Gasteiger partial charge on any atom is 0.204 e. The quantitative estimate of drug-likeness (QED) is 0.504. The maximum absolute atomic E-state index is 8.58. The Labute approximate surface area is 175 Å². The molecule has 0 bridgehead atoms. The van der Waals surface area contributed by atoms with Crippen LogP contribution in [0.4, 0.5) is 0 Å². The summed E-state index contributed by atoms with van der Waals surface area (Å²) in [6.07, 6.45) is 7.38. The zero-order valence-electron chi connectivity index (χ0n) is 17.5. The Morgan fingerprint density at radius 1 is 1.17 bits per heavy atom. The summed E-state index contributed by atoms with van der Waals surface area (Å²) in [6.45, 7) is 6.27. The Kier molecular flexibility index (Phi) is 5.37. The van der Waals surface area contributed by atoms with E-state index in [2.05, 4.69) is 70.1 Å². The number of nitrogens with one attached hydrogen (secondary N) is 1. The number of aromatic nitrogens is 4. The van der Waals surface area contributed by atoms with Gasteiger partial charge in [-0.05, 0) is 61.7 Å². The van der Waals surface area contributed by atoms with Gasteiger partial charge in [-0.2, -0.15) is 5.10 Å². The van der Waals surface area contributed by atoms with Crippen molar-refractivity contribution < 1.29 is 4.79 Å². The number of hydrogen-bond donors (Lipinski definition) is 2. The lowest BCUT2D eigenvalue weighted by Crippen LogP contribution is -2.26. The number of aromatic amines is 1. The van der Waals surface area contributed by atoms with Crippen molar-refractivity contribution in [3.05, 3.63) is 65.2 Å². The highest BCUT2D eigenvalue weighted by Crippen LogP contribution is 2.29. The molecule has 0 fully saturated rings. The van der Waals surface area contributed by atoms with E-state index >= 15 is 0 Å². The number of primary amides is 1. The Morgan fingerprint density at radius 2 is 1.97 bits per heavy atom. The summed E-state index contributed by atoms with van der Waals surface area (Å²) in [6, 6.07) is 9.04. The summed E-state index contributed by atoms with van der Waals surface area (Å²) >= 11 is 0. The minimum Gasteiger partial charge on any atom is -0.372 e. The number of carbonyl (C=O) groups is 1. The monoisotopic (exact) mass is 402 g/mol. The number of fused-ring (bicyclic) bond motifs is 2. The molecule has 0 saturated carbocycles. The van der Waals surface area contributed by atoms with Crippen LogP contribution in [0.5, 0.6) is 0 Å². The van der Waals surface area contributed by atoms with E-state index in [1.807, 2.05) is 24.0 Å². The average molecular weight is 403 g/mol. The van der Waals surface area contributed by atoms with Crippen LogP contribution in [0.3, 0.4) is 0 Å². The number of likely N-dealkylation sites (N-methyl/N-ethyl adjacent to an activating group) is 1. The van der Waals surface area contributed by atoms with Gasteiger partial charge in [0, 0.05) is 42.6 Å². The molecule has 4 heterocycles. The van der Waals surface area contributed by atoms with Gasteiger partial charge in [0.1, 0.15) is 5.65 Å². The van der Waals surface area contributed by atoms with Crippen LogP contribution in [0, 0.1) is 13.8 Å². The van der Waals surface area contributed by atoms with Crippen molar-refractivity contribution in [2.45, 2.75) is 26.8 Å². The predicted octanol–water partition coefficient (Wildman–Crippen LogP) is 3.12. The van der Waals surface area contributed by atoms with Crippen LogP contribution in [0.1, 0.15) is 22.4 Å². The van der Waals surface area contributed by atoms with Gasteiger partial charge in [0.25, 0.3) is 0 Å². The lowest BCUT2D eigenvalue weighted by atomic mass is 9.95. The standard InChI is InChI=1S/C22H23N5.CH3NO/c1-14-12-27(25-15(14)2)21-11-24-22-20(21)9-18(10-23-22)17-5-4-16-6-7-26(3)13-19(16)8-17;2-1-3/h4-5,8-12H,6-7,13H2,1-3H3,(H,23,24);1H,(H2,2,3). The number of nitrogens with two attached hydrogens (primary N) is 1. The molecule has 0 saturated heterocycles. The molecule has 1 aliphatic rings. The van der Waals surface area contributed by atoms with Gasteiger partial charge in [0.05, 0.1) is 11.4 Å². The Bertz CT molecular complexity index is 1190. The van der Waals surface area contributed by atoms with Crippen LogP contribution >= 0.6 is 0 Å². The van der Waals surface area contributed by atoms with Gasteiger partial charge in [0.2, 0.25) is 6.41 Å². The van der Waals surface area contributed by atoms with Crippen molar-refractivity contribution in [2.75, 3.05) is 13.6 Å². The predicted molar refractivity (Wildman–Crippen MR) is 118 cm³/mol. The van der Waals surface area contributed by atoms with E-state index in [1.54, 1.807) is 0 Å². The van der Waals surface area contributed by atoms with Gasteiger partial charge in [-0.15, -0.1) is 0 Å². The van der Waals surface area contributed by atoms with Gasteiger partial charge in [-0.25, -0.2) is 9.67 Å². The Morgan fingerprint density at radius 3 is 2.70 bits per heavy atom. The number of amides is 1. The van der Waals surface area contributed by atoms with E-state index in [9.17, 15) is 0 Å². The zero-order valence-corrected chi connectivity index (χ0v) is 17.5. The number of nitrogens with zero attached hydrogens (tertiary/aromatic N) is 4. The fraction of sp³-hybridized carbons (Fsp3) is 0.261. The molecule has 0 aliphatic carbocycles. The van der Waals surface area contributed by atoms with E-state index in [4.69, 9.17) is 4.79 Å². The van der Waals surface area contributed by atoms with Gasteiger partial charge < -0.3 is 15.6 Å². The van der Waals surface area contributed by atoms with E-state index < -0.39 is 0 Å². The lowest BCUT2D eigenvalue weighted by molar-refractivity contribution is -0.106. The highest BCUT2D eigenvalue weighted by atomic mass is 16.1. The van der Waals surface area contributed by atoms with E-state index in [0.29, 0.717) is 0 Å². The first kappa shape index (κ1) is 19.8. The number of H-pyrrole nitrogens is 1. The van der Waals surface area contributed by atoms with Crippen molar-refractivity contribution >= 4 is 17.4 Å². The summed E-state index contributed by atoms with van der Waals surface area (Å²) in [5.41, 5.74) is 13.6. The zero-order chi connectivity index (χ0) is 21.3. The second kappa shape index (κ2) is 8.12. The topological polar surface area (TPSA) is 92.8 Å². The first-order valence-electron chi connectivity index (χ1n) is 9.96. The Balaban J connectivity index is 0.000000687. The van der Waals surface area contributed by atoms with Crippen LogP contribution in [0.15, 0.2) is 42.9 Å². The van der Waals surface area contributed by atoms with Crippen LogP contribution in [-0.4, -0.2) is 44.7 Å². The number of aryl methyl sites for hydroxylation is 2. The second-order valence-electron chi connectivity index (χ2n) is 7.74. The molecule has 3 aromatic heterocycles. The summed E-state index contributed by atoms with van der Waals surface area (Å²) < 4.78 is 1.94. The highest BCUT2D eigenvalue weighted by molar-refractivity contribution is 5.89. The summed E-state index contributed by atoms with van der Waals surface area (Å²) in [4.78, 5) is 18.9. The van der Waals surface area contributed by atoms with Gasteiger partial charge in [0.15, 0.2) is 0 Å². The number of carbonyl (C=O) groups excluding carboxylic acids is 1. The smallest absolute Gasteiger partial charge is 0.204 e. The number of pyridine rings is 1. The van der Waals surface area contributed by atoms with E-state index in [0.717, 1.165) is 47.5 Å². The normalized spacial score (nSPS) is 13.6. The van der Waals surface area contributed by atoms with Crippen LogP contribution in [0.2, 0.25) is 0 Å². The van der Waals surface area contributed by atoms with Gasteiger partial charge >= 0.3 is 0 Å². The molecule has 7 heteroatoms. The maximum atomic E-state index is 8.58. The number of benzene rings is 1. The number of rotatable bonds is 2. The third-order valence-electron chi connectivity index (χ3n) is 5.64. The molecule has 30 heavy (non-hydrogen) atoms. The molecule has 7 nitrogen and oxygen atoms in total. The lowest BCUT2D eigenvalue weighted by Gasteiger charge is -2.25. The molecule has 1 aliphatic heterocycles. The van der Waals surface area contributed by atoms with Crippen LogP contribution < -0.4 is 5.73 Å². The Hall–Kier alpha value is -3.45. The van der Waals surface area contributed by atoms with E-state index in [-0.39, 0.29) is 6.41 Å². The largest absolute Gasteiger partial charge is 0.372 e. The summed E-state index contributed by atoms with van der Waals surface area (Å²) in [5.74, 6) is 0. The van der Waals surface area contributed by atoms with Crippen molar-refractivity contribution in [2.24, 2.45) is 5.73 Å². The van der Waals surface area contributed by atoms with E-state index in [1.165, 1.54) is 22.3 Å². The molecule has 0 radical (unpaired) electrons. The molecular weight excluding hydrogens is 376 g/mol. The molecule has 0 atom stereocenters. The molecule has 4 aromatic rings. The molecule has 154 valence electrons. The minimum absolute atomic E-state index is 0.250. The average Bonchev–Trinajstić information content (AvgIpc) is 3.30. The molecule has 3 N–H and O–H groups in total. The molecule has 5 rings (SSSR count). The van der Waals surface area contributed by atoms with Crippen molar-refractivity contribution in [1.82, 2.24) is 24.6 Å². The van der Waals surface area contributed by atoms with Crippen LogP contribution in [-0.2, 0) is 17.8 Å². The van der Waals surface area contributed by atoms with Gasteiger partial charge in [-0.1, -0.05) is 12.1 Å². The first-order chi connectivity index (χ1) is 14.5. The number of hydrogen-bond acceptors (Lipinski definition) is 4. The van der Waals surface area contributed by atoms with Crippen molar-refractivity contribution in [1.29, 1.82) is 0 Å². The SMILES string of the molecule is Cc1cn(-c2c[nH]c3ncc(-c4ccc5c(c4)CN(C)CC5)cc23)nc1C.NC=O. The molecule has 0 spiro atoms. The third kappa shape index (κ3) is 3.71. The van der Waals surface area contributed by atoms with Gasteiger partial charge in [-0.3, -0.25) is 4.79 Å². The molecule has 0 unspecified atom stereocenters. The first-order valence-corrected chi connectivity index (χ1v) is 9.96. The molecule has 1 amide bonds. The summed E-state index contributed by atoms with van der Waals surface area (Å²) in [5, 5.41) is 5.72. The summed E-state index contributed by atoms with van der Waals surface area (Å²) in [7, 11) is 2.18. The molecular formula is C23H26N6O. The van der Waals surface area contributed by atoms with Crippen molar-refractivity contribution in [3.8, 4) is 16.8 Å². The molecule has 1 aromatic carbocycles. The fourth-order valence-electron chi connectivity index (χ4n) is 3.88. The van der Waals surface area contributed by atoms with Crippen molar-refractivity contribution in [3.63, 3.8) is 0 Å². The second-order valence-corrected chi connectivity index (χ2v) is 7.74. The highest BCUT2D eigenvalue weighted by Gasteiger charge is 2.15. The fourth-order valence-corrected chi connectivity index (χ4v) is 3.88. The minimum atomic E-state index is 0.250. The van der Waals surface area contributed by atoms with Crippen LogP contribution in [0.25, 0.3) is 27.8 Å².